The molecule has 6 nitrogen and oxygen atoms in total. The fraction of sp³-hybridized carbons (Fsp3) is 0. The van der Waals surface area contributed by atoms with Crippen molar-refractivity contribution in [3.05, 3.63) is 24.5 Å². The second-order valence-electron chi connectivity index (χ2n) is 1.77. The van der Waals surface area contributed by atoms with Crippen LogP contribution in [0.3, 0.4) is 0 Å². The minimum absolute atomic E-state index is 0.334. The van der Waals surface area contributed by atoms with Crippen LogP contribution in [0.1, 0.15) is 0 Å². The van der Waals surface area contributed by atoms with Crippen LogP contribution in [0, 0.1) is 0 Å². The molecule has 0 saturated carbocycles. The van der Waals surface area contributed by atoms with E-state index < -0.39 is 7.32 Å². The maximum atomic E-state index is 8.48. The van der Waals surface area contributed by atoms with E-state index in [-0.39, 0.29) is 0 Å². The Morgan fingerprint density at radius 2 is 2.00 bits per heavy atom. The summed E-state index contributed by atoms with van der Waals surface area (Å²) < 4.78 is 0. The summed E-state index contributed by atoms with van der Waals surface area (Å²) in [4.78, 5) is 15.7. The zero-order valence-corrected chi connectivity index (χ0v) is 5.95. The van der Waals surface area contributed by atoms with E-state index in [1.807, 2.05) is 0 Å². The van der Waals surface area contributed by atoms with Crippen molar-refractivity contribution in [2.75, 3.05) is 0 Å². The topological polar surface area (TPSA) is 81.0 Å². The number of nitrogens with zero attached hydrogens (tertiary/aromatic N) is 1. The zero-order chi connectivity index (χ0) is 8.81. The Labute approximate surface area is 68.4 Å². The van der Waals surface area contributed by atoms with Gasteiger partial charge < -0.3 is 9.91 Å². The first-order chi connectivity index (χ1) is 5.83. The molecule has 0 fully saturated rings. The maximum absolute atomic E-state index is 8.48. The Morgan fingerprint density at radius 3 is 2.58 bits per heavy atom. The van der Waals surface area contributed by atoms with Crippen LogP contribution in [0.5, 0.6) is 5.75 Å². The van der Waals surface area contributed by atoms with E-state index in [9.17, 15) is 0 Å². The summed E-state index contributed by atoms with van der Waals surface area (Å²) in [6, 6.07) is 3.01. The van der Waals surface area contributed by atoms with Gasteiger partial charge in [0.2, 0.25) is 0 Å². The largest absolute Gasteiger partial charge is 0.703 e. The molecule has 64 valence electrons. The quantitative estimate of drug-likeness (QED) is 0.372. The molecule has 0 aliphatic carbocycles. The molecule has 0 saturated heterocycles. The van der Waals surface area contributed by atoms with Crippen molar-refractivity contribution in [2.45, 2.75) is 0 Å². The molecule has 0 aliphatic rings. The van der Waals surface area contributed by atoms with Gasteiger partial charge in [0.05, 0.1) is 0 Å². The Hall–Kier alpha value is -1.15. The molecule has 0 atom stereocenters. The van der Waals surface area contributed by atoms with Gasteiger partial charge in [-0.05, 0) is 0 Å². The zero-order valence-electron chi connectivity index (χ0n) is 5.95. The number of aromatic nitrogens is 1. The molecule has 1 aromatic heterocycles. The summed E-state index contributed by atoms with van der Waals surface area (Å²) in [5.74, 6) is 0.334. The minimum atomic E-state index is -1.82. The van der Waals surface area contributed by atoms with E-state index in [4.69, 9.17) is 10.3 Å². The normalized spacial score (nSPS) is 9.50. The van der Waals surface area contributed by atoms with Gasteiger partial charge >= 0.3 is 7.32 Å². The predicted molar refractivity (Wildman–Crippen MR) is 37.6 cm³/mol. The average molecular weight is 171 g/mol. The Morgan fingerprint density at radius 1 is 1.33 bits per heavy atom. The molecule has 1 heterocycles. The Kier molecular flexibility index (Phi) is 3.49. The van der Waals surface area contributed by atoms with Crippen LogP contribution < -0.4 is 4.89 Å². The second-order valence-corrected chi connectivity index (χ2v) is 1.77. The van der Waals surface area contributed by atoms with Gasteiger partial charge in [0.15, 0.2) is 5.75 Å². The number of pyridine rings is 1. The van der Waals surface area contributed by atoms with E-state index in [1.165, 1.54) is 24.5 Å². The van der Waals surface area contributed by atoms with E-state index in [0.29, 0.717) is 5.75 Å². The van der Waals surface area contributed by atoms with Crippen LogP contribution in [0.25, 0.3) is 0 Å². The molecule has 0 aliphatic heterocycles. The molecule has 1 rings (SSSR count). The summed E-state index contributed by atoms with van der Waals surface area (Å²) in [7, 11) is -1.82. The maximum Gasteiger partial charge on any atom is 0.703 e. The van der Waals surface area contributed by atoms with Gasteiger partial charge in [-0.3, -0.25) is 10.2 Å². The van der Waals surface area contributed by atoms with Crippen molar-refractivity contribution >= 4 is 7.32 Å². The fourth-order valence-corrected chi connectivity index (χ4v) is 0.508. The Balaban J connectivity index is 2.33. The van der Waals surface area contributed by atoms with Crippen LogP contribution in [0.15, 0.2) is 24.5 Å². The van der Waals surface area contributed by atoms with Crippen LogP contribution in [0.2, 0.25) is 0 Å². The third kappa shape index (κ3) is 2.85. The van der Waals surface area contributed by atoms with Crippen LogP contribution in [-0.4, -0.2) is 22.6 Å². The third-order valence-electron chi connectivity index (χ3n) is 0.967. The fourth-order valence-electron chi connectivity index (χ4n) is 0.508. The highest BCUT2D eigenvalue weighted by Gasteiger charge is 2.17. The molecule has 0 unspecified atom stereocenters. The molecule has 0 bridgehead atoms. The SMILES string of the molecule is OOB(O)OOc1ccncc1. The van der Waals surface area contributed by atoms with Gasteiger partial charge in [-0.1, -0.05) is 0 Å². The average Bonchev–Trinajstić information content (AvgIpc) is 2.16. The molecule has 0 aromatic carbocycles. The van der Waals surface area contributed by atoms with Crippen LogP contribution >= 0.6 is 0 Å². The first kappa shape index (κ1) is 8.95. The van der Waals surface area contributed by atoms with Gasteiger partial charge in [0, 0.05) is 24.5 Å². The summed E-state index contributed by atoms with van der Waals surface area (Å²) >= 11 is 0. The standard InChI is InChI=1S/C5H6BNO5/c8-6(11-9)12-10-5-1-3-7-4-2-5/h1-4,8-9H. The summed E-state index contributed by atoms with van der Waals surface area (Å²) in [6.07, 6.45) is 2.95. The lowest BCUT2D eigenvalue weighted by Gasteiger charge is -2.03. The molecule has 0 amide bonds. The summed E-state index contributed by atoms with van der Waals surface area (Å²) in [5.41, 5.74) is 0. The smallest absolute Gasteiger partial charge is 0.398 e. The van der Waals surface area contributed by atoms with Crippen LogP contribution in [0.4, 0.5) is 0 Å². The molecule has 12 heavy (non-hydrogen) atoms. The van der Waals surface area contributed by atoms with Crippen molar-refractivity contribution in [3.8, 4) is 5.75 Å². The van der Waals surface area contributed by atoms with E-state index >= 15 is 0 Å². The lowest BCUT2D eigenvalue weighted by Crippen LogP contribution is -2.22. The van der Waals surface area contributed by atoms with E-state index in [1.54, 1.807) is 0 Å². The molecular weight excluding hydrogens is 165 g/mol. The molecule has 2 N–H and O–H groups in total. The highest BCUT2D eigenvalue weighted by Crippen LogP contribution is 2.06. The van der Waals surface area contributed by atoms with Gasteiger partial charge in [-0.25, -0.2) is 4.81 Å². The summed E-state index contributed by atoms with van der Waals surface area (Å²) in [6.45, 7) is 0. The van der Waals surface area contributed by atoms with Gasteiger partial charge in [-0.15, -0.1) is 0 Å². The van der Waals surface area contributed by atoms with Crippen molar-refractivity contribution in [1.82, 2.24) is 4.98 Å². The van der Waals surface area contributed by atoms with Gasteiger partial charge in [0.1, 0.15) is 0 Å². The molecule has 1 aromatic rings. The lowest BCUT2D eigenvalue weighted by atomic mass is 10.3. The predicted octanol–water partition coefficient (Wildman–Crippen LogP) is -0.141. The first-order valence-corrected chi connectivity index (χ1v) is 3.04. The third-order valence-corrected chi connectivity index (χ3v) is 0.967. The lowest BCUT2D eigenvalue weighted by molar-refractivity contribution is -0.229. The Bertz CT molecular complexity index is 220. The highest BCUT2D eigenvalue weighted by molar-refractivity contribution is 6.33. The highest BCUT2D eigenvalue weighted by atomic mass is 17.3. The van der Waals surface area contributed by atoms with Crippen molar-refractivity contribution in [1.29, 1.82) is 0 Å². The minimum Gasteiger partial charge on any atom is -0.398 e. The molecule has 7 heteroatoms. The van der Waals surface area contributed by atoms with Crippen molar-refractivity contribution in [2.24, 2.45) is 0 Å². The number of hydrogen-bond donors (Lipinski definition) is 2. The monoisotopic (exact) mass is 171 g/mol. The van der Waals surface area contributed by atoms with Gasteiger partial charge in [0.25, 0.3) is 0 Å². The molecular formula is C5H6BNO5. The van der Waals surface area contributed by atoms with E-state index in [0.717, 1.165) is 0 Å². The molecule has 0 spiro atoms. The van der Waals surface area contributed by atoms with Crippen LogP contribution in [-0.2, 0) is 9.61 Å². The van der Waals surface area contributed by atoms with Gasteiger partial charge in [-0.2, -0.15) is 4.81 Å². The van der Waals surface area contributed by atoms with Crippen molar-refractivity contribution in [3.63, 3.8) is 0 Å². The number of hydrogen-bond acceptors (Lipinski definition) is 6. The van der Waals surface area contributed by atoms with E-state index in [2.05, 4.69) is 19.5 Å². The first-order valence-electron chi connectivity index (χ1n) is 3.04. The second kappa shape index (κ2) is 4.68. The summed E-state index contributed by atoms with van der Waals surface area (Å²) in [5, 5.41) is 16.3. The number of rotatable bonds is 4. The molecule has 0 radical (unpaired) electrons. The van der Waals surface area contributed by atoms with Crippen molar-refractivity contribution < 1.29 is 24.8 Å².